The molecule has 0 spiro atoms. The molecule has 0 amide bonds. The van der Waals surface area contributed by atoms with Gasteiger partial charge in [0.2, 0.25) is 0 Å². The molecule has 2 rings (SSSR count). The lowest BCUT2D eigenvalue weighted by molar-refractivity contribution is 0.481. The van der Waals surface area contributed by atoms with Crippen LogP contribution in [-0.4, -0.2) is 60.1 Å². The molecule has 2 aromatic rings. The third kappa shape index (κ3) is 9.19. The molecule has 0 aliphatic heterocycles. The van der Waals surface area contributed by atoms with Crippen molar-refractivity contribution in [3.8, 4) is 0 Å². The lowest BCUT2D eigenvalue weighted by atomic mass is 10.1. The molecule has 0 heterocycles. The van der Waals surface area contributed by atoms with Gasteiger partial charge >= 0.3 is 0 Å². The molecule has 26 heavy (non-hydrogen) atoms. The van der Waals surface area contributed by atoms with Crippen LogP contribution >= 0.6 is 0 Å². The SMILES string of the molecule is C[S+](C)[O-].C[S+](C)[O-].O=S(=O)(O)c1cccc2c(S(=O)(=O)O)cccc12. The Morgan fingerprint density at radius 1 is 0.692 bits per heavy atom. The van der Waals surface area contributed by atoms with Crippen LogP contribution in [0.5, 0.6) is 0 Å². The van der Waals surface area contributed by atoms with Gasteiger partial charge in [0, 0.05) is 10.8 Å². The van der Waals surface area contributed by atoms with Crippen LogP contribution in [0.1, 0.15) is 0 Å². The van der Waals surface area contributed by atoms with Gasteiger partial charge in [-0.3, -0.25) is 9.11 Å². The highest BCUT2D eigenvalue weighted by atomic mass is 32.2. The highest BCUT2D eigenvalue weighted by Crippen LogP contribution is 2.27. The Balaban J connectivity index is 0.000000662. The molecular formula is C14H20O8S4. The highest BCUT2D eigenvalue weighted by molar-refractivity contribution is 7.90. The molecule has 8 nitrogen and oxygen atoms in total. The topological polar surface area (TPSA) is 155 Å². The molecule has 0 aliphatic carbocycles. The van der Waals surface area contributed by atoms with Gasteiger partial charge in [-0.05, 0) is 12.1 Å². The van der Waals surface area contributed by atoms with Crippen LogP contribution < -0.4 is 0 Å². The summed E-state index contributed by atoms with van der Waals surface area (Å²) in [6, 6.07) is 7.53. The second kappa shape index (κ2) is 10.5. The van der Waals surface area contributed by atoms with Gasteiger partial charge in [-0.1, -0.05) is 46.6 Å². The van der Waals surface area contributed by atoms with Gasteiger partial charge in [-0.2, -0.15) is 16.8 Å². The molecule has 0 unspecified atom stereocenters. The van der Waals surface area contributed by atoms with Crippen molar-refractivity contribution in [1.29, 1.82) is 0 Å². The molecule has 0 bridgehead atoms. The summed E-state index contributed by atoms with van der Waals surface area (Å²) in [4.78, 5) is -0.823. The molecule has 2 N–H and O–H groups in total. The van der Waals surface area contributed by atoms with Gasteiger partial charge < -0.3 is 9.11 Å². The maximum atomic E-state index is 11.2. The lowest BCUT2D eigenvalue weighted by Crippen LogP contribution is -2.02. The molecule has 2 aromatic carbocycles. The van der Waals surface area contributed by atoms with E-state index in [1.807, 2.05) is 0 Å². The van der Waals surface area contributed by atoms with E-state index in [-0.39, 0.29) is 10.8 Å². The Morgan fingerprint density at radius 3 is 1.12 bits per heavy atom. The van der Waals surface area contributed by atoms with Crippen LogP contribution in [-0.2, 0) is 42.6 Å². The first-order valence-corrected chi connectivity index (χ1v) is 13.5. The first kappa shape index (κ1) is 25.1. The van der Waals surface area contributed by atoms with Crippen molar-refractivity contribution in [3.05, 3.63) is 36.4 Å². The smallest absolute Gasteiger partial charge is 0.295 e. The van der Waals surface area contributed by atoms with E-state index in [4.69, 9.17) is 9.11 Å². The van der Waals surface area contributed by atoms with Gasteiger partial charge in [-0.25, -0.2) is 0 Å². The minimum atomic E-state index is -4.47. The van der Waals surface area contributed by atoms with Crippen molar-refractivity contribution in [2.45, 2.75) is 9.79 Å². The van der Waals surface area contributed by atoms with Crippen LogP contribution in [0.4, 0.5) is 0 Å². The highest BCUT2D eigenvalue weighted by Gasteiger charge is 2.18. The fourth-order valence-corrected chi connectivity index (χ4v) is 3.12. The Kier molecular flexibility index (Phi) is 10.1. The molecule has 148 valence electrons. The summed E-state index contributed by atoms with van der Waals surface area (Å²) >= 11 is -1.22. The molecule has 0 aromatic heterocycles. The molecule has 0 saturated carbocycles. The van der Waals surface area contributed by atoms with Crippen LogP contribution in [0, 0.1) is 0 Å². The standard InChI is InChI=1S/C10H8O6S2.2C2H6OS/c11-17(12,13)9-5-1-3-7-8(9)4-2-6-10(7)18(14,15)16;2*1-4(2)3/h1-6H,(H,11,12,13)(H,14,15,16);2*1-2H3. The minimum Gasteiger partial charge on any atom is -0.617 e. The van der Waals surface area contributed by atoms with Crippen LogP contribution in [0.25, 0.3) is 10.8 Å². The Labute approximate surface area is 159 Å². The summed E-state index contributed by atoms with van der Waals surface area (Å²) in [5.74, 6) is 0. The van der Waals surface area contributed by atoms with Crippen molar-refractivity contribution >= 4 is 53.4 Å². The van der Waals surface area contributed by atoms with E-state index < -0.39 is 52.4 Å². The zero-order valence-electron chi connectivity index (χ0n) is 14.4. The van der Waals surface area contributed by atoms with Gasteiger partial charge in [-0.15, -0.1) is 0 Å². The van der Waals surface area contributed by atoms with E-state index in [9.17, 15) is 25.9 Å². The fourth-order valence-electron chi connectivity index (χ4n) is 1.70. The van der Waals surface area contributed by atoms with E-state index in [1.54, 1.807) is 25.0 Å². The average molecular weight is 445 g/mol. The summed E-state index contributed by atoms with van der Waals surface area (Å²) in [6.07, 6.45) is 6.56. The molecule has 12 heteroatoms. The van der Waals surface area contributed by atoms with Gasteiger partial charge in [0.1, 0.15) is 9.79 Å². The largest absolute Gasteiger partial charge is 0.617 e. The second-order valence-electron chi connectivity index (χ2n) is 5.04. The summed E-state index contributed by atoms with van der Waals surface area (Å²) in [5, 5.41) is 0.0465. The van der Waals surface area contributed by atoms with Crippen LogP contribution in [0.15, 0.2) is 46.2 Å². The van der Waals surface area contributed by atoms with Crippen LogP contribution in [0.3, 0.4) is 0 Å². The van der Waals surface area contributed by atoms with E-state index in [2.05, 4.69) is 0 Å². The van der Waals surface area contributed by atoms with Crippen LogP contribution in [0.2, 0.25) is 0 Å². The third-order valence-electron chi connectivity index (χ3n) is 2.40. The molecular weight excluding hydrogens is 424 g/mol. The minimum absolute atomic E-state index is 0.0233. The summed E-state index contributed by atoms with van der Waals surface area (Å²) in [7, 11) is -8.94. The van der Waals surface area contributed by atoms with E-state index in [0.29, 0.717) is 0 Å². The van der Waals surface area contributed by atoms with Gasteiger partial charge in [0.05, 0.1) is 25.0 Å². The maximum absolute atomic E-state index is 11.2. The predicted molar refractivity (Wildman–Crippen MR) is 104 cm³/mol. The molecule has 0 radical (unpaired) electrons. The zero-order valence-corrected chi connectivity index (χ0v) is 17.7. The van der Waals surface area contributed by atoms with E-state index >= 15 is 0 Å². The summed E-state index contributed by atoms with van der Waals surface area (Å²) < 4.78 is 81.8. The quantitative estimate of drug-likeness (QED) is 0.519. The monoisotopic (exact) mass is 444 g/mol. The summed E-state index contributed by atoms with van der Waals surface area (Å²) in [5.41, 5.74) is 0. The average Bonchev–Trinajstić information content (AvgIpc) is 2.42. The Bertz CT molecular complexity index is 838. The van der Waals surface area contributed by atoms with Gasteiger partial charge in [0.25, 0.3) is 20.2 Å². The van der Waals surface area contributed by atoms with Crippen molar-refractivity contribution < 1.29 is 35.0 Å². The van der Waals surface area contributed by atoms with E-state index in [1.165, 1.54) is 24.3 Å². The fraction of sp³-hybridized carbons (Fsp3) is 0.286. The van der Waals surface area contributed by atoms with Crippen molar-refractivity contribution in [2.24, 2.45) is 0 Å². The number of rotatable bonds is 2. The Hall–Kier alpha value is -0.860. The number of benzene rings is 2. The van der Waals surface area contributed by atoms with Crippen molar-refractivity contribution in [2.75, 3.05) is 25.0 Å². The molecule has 0 fully saturated rings. The first-order chi connectivity index (χ1) is 11.7. The predicted octanol–water partition coefficient (Wildman–Crippen LogP) is 1.32. The Morgan fingerprint density at radius 2 is 0.923 bits per heavy atom. The molecule has 0 aliphatic rings. The van der Waals surface area contributed by atoms with Crippen molar-refractivity contribution in [1.82, 2.24) is 0 Å². The zero-order chi connectivity index (χ0) is 20.7. The van der Waals surface area contributed by atoms with E-state index in [0.717, 1.165) is 12.1 Å². The third-order valence-corrected chi connectivity index (χ3v) is 4.22. The summed E-state index contributed by atoms with van der Waals surface area (Å²) in [6.45, 7) is 0. The maximum Gasteiger partial charge on any atom is 0.295 e. The number of hydrogen-bond acceptors (Lipinski definition) is 6. The van der Waals surface area contributed by atoms with Crippen molar-refractivity contribution in [3.63, 3.8) is 0 Å². The lowest BCUT2D eigenvalue weighted by Gasteiger charge is -2.06. The van der Waals surface area contributed by atoms with Gasteiger partial charge in [0.15, 0.2) is 0 Å². The first-order valence-electron chi connectivity index (χ1n) is 6.64. The normalized spacial score (nSPS) is 11.6. The second-order valence-corrected chi connectivity index (χ2v) is 10.8. The molecule has 0 saturated heterocycles. The number of hydrogen-bond donors (Lipinski definition) is 2. The molecule has 0 atom stereocenters. The number of fused-ring (bicyclic) bond motifs is 1.